The van der Waals surface area contributed by atoms with Crippen LogP contribution in [0, 0.1) is 0 Å². The highest BCUT2D eigenvalue weighted by Gasteiger charge is 2.34. The standard InChI is InChI=1S/C15H20ClNO2/c1-17-9-4-3-8-13(17)14(15(18)19-2)11-6-5-7-12(16)10-11/h5-7,10,13-14H,3-4,8-9H2,1-2H3/t13-,14+/m0/s1. The zero-order valence-corrected chi connectivity index (χ0v) is 12.2. The van der Waals surface area contributed by atoms with Crippen molar-refractivity contribution in [3.63, 3.8) is 0 Å². The quantitative estimate of drug-likeness (QED) is 0.798. The monoisotopic (exact) mass is 281 g/mol. The summed E-state index contributed by atoms with van der Waals surface area (Å²) in [5, 5.41) is 0.657. The average Bonchev–Trinajstić information content (AvgIpc) is 2.41. The van der Waals surface area contributed by atoms with Crippen LogP contribution in [0.3, 0.4) is 0 Å². The zero-order valence-electron chi connectivity index (χ0n) is 11.4. The first-order valence-corrected chi connectivity index (χ1v) is 7.05. The van der Waals surface area contributed by atoms with Gasteiger partial charge in [0.1, 0.15) is 0 Å². The van der Waals surface area contributed by atoms with Crippen molar-refractivity contribution in [1.82, 2.24) is 4.90 Å². The molecule has 19 heavy (non-hydrogen) atoms. The largest absolute Gasteiger partial charge is 0.469 e. The summed E-state index contributed by atoms with van der Waals surface area (Å²) in [5.74, 6) is -0.435. The van der Waals surface area contributed by atoms with Gasteiger partial charge in [0, 0.05) is 11.1 Å². The molecule has 0 unspecified atom stereocenters. The molecule has 1 aromatic rings. The molecule has 0 spiro atoms. The molecule has 0 N–H and O–H groups in total. The van der Waals surface area contributed by atoms with Gasteiger partial charge in [-0.05, 0) is 44.1 Å². The van der Waals surface area contributed by atoms with Gasteiger partial charge in [-0.1, -0.05) is 30.2 Å². The van der Waals surface area contributed by atoms with Crippen LogP contribution in [0.5, 0.6) is 0 Å². The highest BCUT2D eigenvalue weighted by Crippen LogP contribution is 2.31. The number of piperidine rings is 1. The minimum absolute atomic E-state index is 0.180. The Balaban J connectivity index is 2.32. The molecule has 2 atom stereocenters. The number of methoxy groups -OCH3 is 1. The van der Waals surface area contributed by atoms with Crippen molar-refractivity contribution in [2.24, 2.45) is 0 Å². The van der Waals surface area contributed by atoms with Crippen molar-refractivity contribution in [2.75, 3.05) is 20.7 Å². The first-order chi connectivity index (χ1) is 9.13. The number of hydrogen-bond acceptors (Lipinski definition) is 3. The molecule has 0 amide bonds. The van der Waals surface area contributed by atoms with Crippen LogP contribution in [0.4, 0.5) is 0 Å². The van der Waals surface area contributed by atoms with E-state index in [4.69, 9.17) is 16.3 Å². The third kappa shape index (κ3) is 3.28. The fourth-order valence-electron chi connectivity index (χ4n) is 2.86. The van der Waals surface area contributed by atoms with Crippen LogP contribution < -0.4 is 0 Å². The van der Waals surface area contributed by atoms with Gasteiger partial charge >= 0.3 is 5.97 Å². The fourth-order valence-corrected chi connectivity index (χ4v) is 3.06. The lowest BCUT2D eigenvalue weighted by molar-refractivity contribution is -0.144. The number of ether oxygens (including phenoxy) is 1. The molecule has 1 heterocycles. The summed E-state index contributed by atoms with van der Waals surface area (Å²) in [4.78, 5) is 14.4. The highest BCUT2D eigenvalue weighted by atomic mass is 35.5. The van der Waals surface area contributed by atoms with Gasteiger partial charge in [0.05, 0.1) is 13.0 Å². The predicted molar refractivity (Wildman–Crippen MR) is 76.5 cm³/mol. The minimum Gasteiger partial charge on any atom is -0.469 e. The summed E-state index contributed by atoms with van der Waals surface area (Å²) in [6, 6.07) is 7.72. The van der Waals surface area contributed by atoms with Gasteiger partial charge < -0.3 is 9.64 Å². The van der Waals surface area contributed by atoms with Crippen LogP contribution in [0.15, 0.2) is 24.3 Å². The van der Waals surface area contributed by atoms with Crippen molar-refractivity contribution in [3.8, 4) is 0 Å². The molecule has 3 nitrogen and oxygen atoms in total. The van der Waals surface area contributed by atoms with Crippen LogP contribution >= 0.6 is 11.6 Å². The number of esters is 1. The van der Waals surface area contributed by atoms with E-state index < -0.39 is 0 Å². The van der Waals surface area contributed by atoms with Crippen LogP contribution in [0.2, 0.25) is 5.02 Å². The van der Waals surface area contributed by atoms with Gasteiger partial charge in [-0.25, -0.2) is 0 Å². The Hall–Kier alpha value is -1.06. The van der Waals surface area contributed by atoms with E-state index in [-0.39, 0.29) is 17.9 Å². The van der Waals surface area contributed by atoms with Crippen molar-refractivity contribution < 1.29 is 9.53 Å². The lowest BCUT2D eigenvalue weighted by Crippen LogP contribution is -2.43. The van der Waals surface area contributed by atoms with Gasteiger partial charge in [-0.15, -0.1) is 0 Å². The molecule has 0 saturated carbocycles. The first kappa shape index (κ1) is 14.4. The smallest absolute Gasteiger partial charge is 0.314 e. The first-order valence-electron chi connectivity index (χ1n) is 6.67. The topological polar surface area (TPSA) is 29.5 Å². The normalized spacial score (nSPS) is 21.9. The fraction of sp³-hybridized carbons (Fsp3) is 0.533. The molecule has 0 aromatic heterocycles. The maximum Gasteiger partial charge on any atom is 0.314 e. The molecule has 4 heteroatoms. The Morgan fingerprint density at radius 2 is 2.26 bits per heavy atom. The second-order valence-electron chi connectivity index (χ2n) is 5.10. The molecule has 0 radical (unpaired) electrons. The van der Waals surface area contributed by atoms with E-state index in [0.717, 1.165) is 24.9 Å². The molecule has 2 rings (SSSR count). The Morgan fingerprint density at radius 3 is 2.89 bits per heavy atom. The molecule has 1 fully saturated rings. The van der Waals surface area contributed by atoms with E-state index in [1.165, 1.54) is 13.5 Å². The number of likely N-dealkylation sites (tertiary alicyclic amines) is 1. The van der Waals surface area contributed by atoms with E-state index in [0.29, 0.717) is 5.02 Å². The molecule has 1 aromatic carbocycles. The van der Waals surface area contributed by atoms with Crippen molar-refractivity contribution in [2.45, 2.75) is 31.2 Å². The van der Waals surface area contributed by atoms with E-state index in [1.54, 1.807) is 0 Å². The number of likely N-dealkylation sites (N-methyl/N-ethyl adjacent to an activating group) is 1. The average molecular weight is 282 g/mol. The SMILES string of the molecule is COC(=O)[C@H](c1cccc(Cl)c1)[C@@H]1CCCCN1C. The number of carbonyl (C=O) groups is 1. The Kier molecular flexibility index (Phi) is 4.83. The van der Waals surface area contributed by atoms with Crippen LogP contribution in [0.1, 0.15) is 30.7 Å². The summed E-state index contributed by atoms with van der Waals surface area (Å²) in [5.41, 5.74) is 0.943. The molecule has 1 saturated heterocycles. The summed E-state index contributed by atoms with van der Waals surface area (Å²) < 4.78 is 5.00. The van der Waals surface area contributed by atoms with Gasteiger partial charge in [-0.2, -0.15) is 0 Å². The van der Waals surface area contributed by atoms with E-state index >= 15 is 0 Å². The minimum atomic E-state index is -0.256. The second kappa shape index (κ2) is 6.40. The van der Waals surface area contributed by atoms with Gasteiger partial charge in [0.2, 0.25) is 0 Å². The number of rotatable bonds is 3. The highest BCUT2D eigenvalue weighted by molar-refractivity contribution is 6.30. The van der Waals surface area contributed by atoms with E-state index in [1.807, 2.05) is 24.3 Å². The maximum absolute atomic E-state index is 12.2. The van der Waals surface area contributed by atoms with Crippen LogP contribution in [-0.2, 0) is 9.53 Å². The summed E-state index contributed by atoms with van der Waals surface area (Å²) in [6.45, 7) is 1.03. The molecule has 1 aliphatic rings. The second-order valence-corrected chi connectivity index (χ2v) is 5.54. The van der Waals surface area contributed by atoms with Crippen molar-refractivity contribution in [3.05, 3.63) is 34.9 Å². The summed E-state index contributed by atoms with van der Waals surface area (Å²) >= 11 is 6.05. The van der Waals surface area contributed by atoms with E-state index in [2.05, 4.69) is 11.9 Å². The van der Waals surface area contributed by atoms with Crippen LogP contribution in [-0.4, -0.2) is 37.6 Å². The molecular weight excluding hydrogens is 262 g/mol. The maximum atomic E-state index is 12.2. The number of benzene rings is 1. The predicted octanol–water partition coefficient (Wildman–Crippen LogP) is 3.08. The zero-order chi connectivity index (χ0) is 13.8. The van der Waals surface area contributed by atoms with Gasteiger partial charge in [0.15, 0.2) is 0 Å². The summed E-state index contributed by atoms with van der Waals surface area (Å²) in [6.07, 6.45) is 3.36. The molecule has 1 aliphatic heterocycles. The van der Waals surface area contributed by atoms with Gasteiger partial charge in [0.25, 0.3) is 0 Å². The van der Waals surface area contributed by atoms with E-state index in [9.17, 15) is 4.79 Å². The molecule has 104 valence electrons. The van der Waals surface area contributed by atoms with Crippen molar-refractivity contribution in [1.29, 1.82) is 0 Å². The summed E-state index contributed by atoms with van der Waals surface area (Å²) in [7, 11) is 3.52. The molecule has 0 bridgehead atoms. The number of hydrogen-bond donors (Lipinski definition) is 0. The Labute approximate surface area is 119 Å². The lowest BCUT2D eigenvalue weighted by Gasteiger charge is -2.37. The number of halogens is 1. The lowest BCUT2D eigenvalue weighted by atomic mass is 9.85. The third-order valence-corrected chi connectivity index (χ3v) is 4.11. The van der Waals surface area contributed by atoms with Crippen LogP contribution in [0.25, 0.3) is 0 Å². The Bertz CT molecular complexity index is 450. The Morgan fingerprint density at radius 1 is 1.47 bits per heavy atom. The molecule has 0 aliphatic carbocycles. The third-order valence-electron chi connectivity index (χ3n) is 3.87. The van der Waals surface area contributed by atoms with Crippen molar-refractivity contribution >= 4 is 17.6 Å². The number of nitrogens with zero attached hydrogens (tertiary/aromatic N) is 1. The molecular formula is C15H20ClNO2. The van der Waals surface area contributed by atoms with Gasteiger partial charge in [-0.3, -0.25) is 4.79 Å². The number of carbonyl (C=O) groups excluding carboxylic acids is 1.